The van der Waals surface area contributed by atoms with Gasteiger partial charge in [0.05, 0.1) is 19.0 Å². The molecule has 1 spiro atoms. The number of carbonyl (C=O) groups is 1. The Balaban J connectivity index is 1.40. The van der Waals surface area contributed by atoms with Gasteiger partial charge in [-0.25, -0.2) is 9.78 Å². The average molecular weight is 335 g/mol. The van der Waals surface area contributed by atoms with Crippen molar-refractivity contribution < 1.29 is 9.53 Å². The molecular weight excluding hydrogens is 314 g/mol. The Labute approximate surface area is 147 Å². The number of amides is 2. The first-order valence-corrected chi connectivity index (χ1v) is 8.55. The van der Waals surface area contributed by atoms with Crippen molar-refractivity contribution >= 4 is 17.8 Å². The van der Waals surface area contributed by atoms with Gasteiger partial charge in [0.25, 0.3) is 0 Å². The van der Waals surface area contributed by atoms with Gasteiger partial charge in [-0.15, -0.1) is 0 Å². The normalized spacial score (nSPS) is 17.4. The van der Waals surface area contributed by atoms with Crippen LogP contribution >= 0.6 is 0 Å². The number of aromatic nitrogens is 1. The van der Waals surface area contributed by atoms with E-state index >= 15 is 0 Å². The molecule has 1 N–H and O–H groups in total. The van der Waals surface area contributed by atoms with E-state index in [4.69, 9.17) is 4.74 Å². The quantitative estimate of drug-likeness (QED) is 0.911. The monoisotopic (exact) mass is 335 g/mol. The van der Waals surface area contributed by atoms with Crippen LogP contribution < -0.4 is 10.1 Å². The number of methoxy groups -OCH3 is 1. The fourth-order valence-electron chi connectivity index (χ4n) is 3.76. The Morgan fingerprint density at radius 3 is 2.72 bits per heavy atom. The van der Waals surface area contributed by atoms with Crippen molar-refractivity contribution in [2.75, 3.05) is 25.5 Å². The zero-order valence-electron chi connectivity index (χ0n) is 14.2. The lowest BCUT2D eigenvalue weighted by atomic mass is 9.74. The van der Waals surface area contributed by atoms with Crippen LogP contribution in [0.2, 0.25) is 0 Å². The number of pyridine rings is 1. The Morgan fingerprint density at radius 2 is 2.00 bits per heavy atom. The molecule has 1 aliphatic heterocycles. The third-order valence-corrected chi connectivity index (χ3v) is 5.22. The molecule has 0 bridgehead atoms. The van der Waals surface area contributed by atoms with Gasteiger partial charge in [0.2, 0.25) is 5.88 Å². The lowest BCUT2D eigenvalue weighted by molar-refractivity contribution is 0.182. The van der Waals surface area contributed by atoms with Crippen LogP contribution in [0.4, 0.5) is 10.5 Å². The topological polar surface area (TPSA) is 54.5 Å². The van der Waals surface area contributed by atoms with Gasteiger partial charge in [-0.05, 0) is 30.0 Å². The number of fused-ring (bicyclic) bond motifs is 2. The van der Waals surface area contributed by atoms with Crippen molar-refractivity contribution in [3.05, 3.63) is 59.8 Å². The molecule has 128 valence electrons. The number of benzene rings is 1. The molecule has 2 amide bonds. The summed E-state index contributed by atoms with van der Waals surface area (Å²) < 4.78 is 5.03. The summed E-state index contributed by atoms with van der Waals surface area (Å²) >= 11 is 0. The van der Waals surface area contributed by atoms with E-state index < -0.39 is 0 Å². The first kappa shape index (κ1) is 15.7. The number of carbonyl (C=O) groups excluding carboxylic acids is 1. The maximum atomic E-state index is 12.5. The Kier molecular flexibility index (Phi) is 3.92. The molecular formula is C20H21N3O2. The highest BCUT2D eigenvalue weighted by Gasteiger charge is 2.38. The molecule has 1 fully saturated rings. The summed E-state index contributed by atoms with van der Waals surface area (Å²) in [4.78, 5) is 18.5. The number of nitrogens with zero attached hydrogens (tertiary/aromatic N) is 2. The minimum atomic E-state index is -0.0721. The number of hydrogen-bond donors (Lipinski definition) is 1. The van der Waals surface area contributed by atoms with Gasteiger partial charge in [-0.2, -0.15) is 0 Å². The number of piperidine rings is 1. The second-order valence-corrected chi connectivity index (χ2v) is 6.58. The summed E-state index contributed by atoms with van der Waals surface area (Å²) in [7, 11) is 1.57. The minimum Gasteiger partial charge on any atom is -0.481 e. The van der Waals surface area contributed by atoms with Gasteiger partial charge < -0.3 is 15.0 Å². The van der Waals surface area contributed by atoms with Crippen LogP contribution in [0.25, 0.3) is 6.08 Å². The van der Waals surface area contributed by atoms with Crippen molar-refractivity contribution in [3.63, 3.8) is 0 Å². The van der Waals surface area contributed by atoms with Gasteiger partial charge in [-0.1, -0.05) is 36.4 Å². The van der Waals surface area contributed by atoms with E-state index in [1.807, 2.05) is 4.90 Å². The molecule has 2 heterocycles. The molecule has 5 heteroatoms. The highest BCUT2D eigenvalue weighted by atomic mass is 16.5. The molecule has 0 atom stereocenters. The maximum Gasteiger partial charge on any atom is 0.321 e. The van der Waals surface area contributed by atoms with Crippen molar-refractivity contribution in [2.24, 2.45) is 0 Å². The Morgan fingerprint density at radius 1 is 1.20 bits per heavy atom. The standard InChI is InChI=1S/C20H21N3O2/c1-25-18-7-6-16(14-21-18)22-19(24)23-12-10-20(11-13-23)9-8-15-4-2-3-5-17(15)20/h2-9,14H,10-13H2,1H3,(H,22,24). The van der Waals surface area contributed by atoms with E-state index in [9.17, 15) is 4.79 Å². The summed E-state index contributed by atoms with van der Waals surface area (Å²) in [6.45, 7) is 1.49. The second kappa shape index (κ2) is 6.24. The molecule has 0 saturated carbocycles. The average Bonchev–Trinajstić information content (AvgIpc) is 3.01. The van der Waals surface area contributed by atoms with E-state index in [0.29, 0.717) is 11.6 Å². The van der Waals surface area contributed by atoms with Gasteiger partial charge in [0.15, 0.2) is 0 Å². The number of nitrogens with one attached hydrogen (secondary N) is 1. The van der Waals surface area contributed by atoms with Crippen LogP contribution in [0.3, 0.4) is 0 Å². The molecule has 0 unspecified atom stereocenters. The molecule has 1 aromatic heterocycles. The van der Waals surface area contributed by atoms with E-state index in [0.717, 1.165) is 25.9 Å². The summed E-state index contributed by atoms with van der Waals surface area (Å²) in [6, 6.07) is 12.0. The van der Waals surface area contributed by atoms with Crippen molar-refractivity contribution in [3.8, 4) is 5.88 Å². The van der Waals surface area contributed by atoms with E-state index in [1.54, 1.807) is 25.4 Å². The fourth-order valence-corrected chi connectivity index (χ4v) is 3.76. The number of ether oxygens (including phenoxy) is 1. The highest BCUT2D eigenvalue weighted by Crippen LogP contribution is 2.43. The number of allylic oxidation sites excluding steroid dienone is 1. The fraction of sp³-hybridized carbons (Fsp3) is 0.300. The summed E-state index contributed by atoms with van der Waals surface area (Å²) in [5, 5.41) is 2.91. The lowest BCUT2D eigenvalue weighted by Gasteiger charge is -2.39. The Hall–Kier alpha value is -2.82. The predicted molar refractivity (Wildman–Crippen MR) is 97.8 cm³/mol. The summed E-state index contributed by atoms with van der Waals surface area (Å²) in [5.74, 6) is 0.532. The number of rotatable bonds is 2. The number of likely N-dealkylation sites (tertiary alicyclic amines) is 1. The number of hydrogen-bond acceptors (Lipinski definition) is 3. The third-order valence-electron chi connectivity index (χ3n) is 5.22. The van der Waals surface area contributed by atoms with E-state index in [2.05, 4.69) is 46.7 Å². The van der Waals surface area contributed by atoms with Crippen LogP contribution in [0.15, 0.2) is 48.7 Å². The molecule has 1 saturated heterocycles. The SMILES string of the molecule is COc1ccc(NC(=O)N2CCC3(C=Cc4ccccc43)CC2)cn1. The van der Waals surface area contributed by atoms with Crippen molar-refractivity contribution in [1.29, 1.82) is 0 Å². The maximum absolute atomic E-state index is 12.5. The molecule has 2 aliphatic rings. The second-order valence-electron chi connectivity index (χ2n) is 6.58. The summed E-state index contributed by atoms with van der Waals surface area (Å²) in [5.41, 5.74) is 3.48. The van der Waals surface area contributed by atoms with Gasteiger partial charge in [0, 0.05) is 24.6 Å². The molecule has 2 aromatic rings. The molecule has 0 radical (unpaired) electrons. The largest absolute Gasteiger partial charge is 0.481 e. The van der Waals surface area contributed by atoms with Crippen molar-refractivity contribution in [1.82, 2.24) is 9.88 Å². The number of anilines is 1. The van der Waals surface area contributed by atoms with Crippen LogP contribution in [-0.4, -0.2) is 36.1 Å². The van der Waals surface area contributed by atoms with Gasteiger partial charge >= 0.3 is 6.03 Å². The minimum absolute atomic E-state index is 0.0721. The molecule has 25 heavy (non-hydrogen) atoms. The molecule has 5 nitrogen and oxygen atoms in total. The lowest BCUT2D eigenvalue weighted by Crippen LogP contribution is -2.45. The number of urea groups is 1. The molecule has 1 aromatic carbocycles. The van der Waals surface area contributed by atoms with Crippen molar-refractivity contribution in [2.45, 2.75) is 18.3 Å². The summed E-state index contributed by atoms with van der Waals surface area (Å²) in [6.07, 6.45) is 8.05. The van der Waals surface area contributed by atoms with Crippen LogP contribution in [-0.2, 0) is 5.41 Å². The van der Waals surface area contributed by atoms with Gasteiger partial charge in [-0.3, -0.25) is 0 Å². The predicted octanol–water partition coefficient (Wildman–Crippen LogP) is 3.68. The first-order chi connectivity index (χ1) is 12.2. The Bertz CT molecular complexity index is 806. The van der Waals surface area contributed by atoms with E-state index in [-0.39, 0.29) is 11.4 Å². The highest BCUT2D eigenvalue weighted by molar-refractivity contribution is 5.89. The van der Waals surface area contributed by atoms with Crippen LogP contribution in [0.5, 0.6) is 5.88 Å². The van der Waals surface area contributed by atoms with Gasteiger partial charge in [0.1, 0.15) is 0 Å². The van der Waals surface area contributed by atoms with Crippen LogP contribution in [0.1, 0.15) is 24.0 Å². The van der Waals surface area contributed by atoms with Crippen LogP contribution in [0, 0.1) is 0 Å². The zero-order chi connectivity index (χ0) is 17.3. The molecule has 4 rings (SSSR count). The first-order valence-electron chi connectivity index (χ1n) is 8.55. The zero-order valence-corrected chi connectivity index (χ0v) is 14.2. The smallest absolute Gasteiger partial charge is 0.321 e. The van der Waals surface area contributed by atoms with E-state index in [1.165, 1.54) is 11.1 Å². The third kappa shape index (κ3) is 2.86. The molecule has 1 aliphatic carbocycles.